The minimum Gasteiger partial charge on any atom is 1.00 e. The second kappa shape index (κ2) is 19.3. The SMILES string of the molecule is CC1(C)c2cccc([PH+](c3ccccc3)c3ccccc3)c2Oc2c([PH+](c3ccccc3)c3ccccc3)cccc21.Cc1cccc(-c2cccc(Cl)n2)n1.F[P-](F)(F)(F)(F)F.[Cu+]. The molecule has 6 aromatic carbocycles. The molecular weight excluding hydrogens is 950 g/mol. The largest absolute Gasteiger partial charge is 1.00 e. The fraction of sp³-hybridized carbons (Fsp3) is 0.0800. The number of hydrogen-bond acceptors (Lipinski definition) is 3. The molecule has 14 heteroatoms. The number of halogens is 7. The predicted octanol–water partition coefficient (Wildman–Crippen LogP) is 13.6. The van der Waals surface area contributed by atoms with E-state index in [1.165, 1.54) is 43.0 Å². The van der Waals surface area contributed by atoms with Gasteiger partial charge in [-0.3, -0.25) is 4.98 Å². The van der Waals surface area contributed by atoms with E-state index < -0.39 is 23.7 Å². The summed E-state index contributed by atoms with van der Waals surface area (Å²) in [5.74, 6) is 2.07. The van der Waals surface area contributed by atoms with E-state index in [2.05, 4.69) is 182 Å². The van der Waals surface area contributed by atoms with Crippen LogP contribution in [0.15, 0.2) is 194 Å². The van der Waals surface area contributed by atoms with E-state index >= 15 is 0 Å². The summed E-state index contributed by atoms with van der Waals surface area (Å²) >= 11 is 5.80. The third kappa shape index (κ3) is 12.7. The van der Waals surface area contributed by atoms with Gasteiger partial charge in [0.2, 0.25) is 0 Å². The molecule has 0 atom stereocenters. The molecule has 0 fully saturated rings. The maximum Gasteiger partial charge on any atom is 1.00 e. The molecule has 64 heavy (non-hydrogen) atoms. The number of para-hydroxylation sites is 2. The van der Waals surface area contributed by atoms with Crippen molar-refractivity contribution in [3.8, 4) is 22.9 Å². The van der Waals surface area contributed by atoms with Crippen molar-refractivity contribution in [2.45, 2.75) is 26.2 Å². The molecule has 0 N–H and O–H groups in total. The first-order valence-corrected chi connectivity index (χ1v) is 25.3. The molecule has 0 aliphatic carbocycles. The Labute approximate surface area is 387 Å². The Kier molecular flexibility index (Phi) is 14.6. The van der Waals surface area contributed by atoms with E-state index in [0.29, 0.717) is 5.15 Å². The fourth-order valence-corrected chi connectivity index (χ4v) is 13.1. The van der Waals surface area contributed by atoms with E-state index in [1.54, 1.807) is 6.07 Å². The van der Waals surface area contributed by atoms with Crippen LogP contribution < -0.4 is 36.6 Å². The van der Waals surface area contributed by atoms with Crippen LogP contribution in [0.3, 0.4) is 0 Å². The average Bonchev–Trinajstić information content (AvgIpc) is 3.25. The second-order valence-electron chi connectivity index (χ2n) is 15.3. The number of rotatable bonds is 7. The molecule has 0 saturated heterocycles. The predicted molar refractivity (Wildman–Crippen MR) is 256 cm³/mol. The Morgan fingerprint density at radius 1 is 0.453 bits per heavy atom. The van der Waals surface area contributed by atoms with Crippen LogP contribution in [0.25, 0.3) is 11.4 Å². The van der Waals surface area contributed by atoms with Crippen molar-refractivity contribution in [1.29, 1.82) is 0 Å². The Balaban J connectivity index is 0.000000255. The molecule has 8 aromatic rings. The normalized spacial score (nSPS) is 13.5. The summed E-state index contributed by atoms with van der Waals surface area (Å²) in [4.78, 5) is 8.55. The molecule has 0 saturated carbocycles. The van der Waals surface area contributed by atoms with Gasteiger partial charge in [0.15, 0.2) is 11.5 Å². The van der Waals surface area contributed by atoms with Crippen molar-refractivity contribution in [2.24, 2.45) is 0 Å². The molecule has 3 heterocycles. The van der Waals surface area contributed by atoms with Crippen LogP contribution >= 0.6 is 35.3 Å². The summed E-state index contributed by atoms with van der Waals surface area (Å²) in [5, 5.41) is 8.54. The van der Waals surface area contributed by atoms with Crippen molar-refractivity contribution in [3.05, 3.63) is 216 Å². The van der Waals surface area contributed by atoms with Crippen LogP contribution in [0.2, 0.25) is 5.15 Å². The van der Waals surface area contributed by atoms with Crippen LogP contribution in [0.5, 0.6) is 11.5 Å². The van der Waals surface area contributed by atoms with E-state index in [4.69, 9.17) is 16.3 Å². The molecule has 0 bridgehead atoms. The summed E-state index contributed by atoms with van der Waals surface area (Å²) in [6.45, 7) is 6.67. The molecule has 2 aromatic heterocycles. The van der Waals surface area contributed by atoms with E-state index in [9.17, 15) is 25.2 Å². The van der Waals surface area contributed by atoms with Gasteiger partial charge in [-0.15, -0.1) is 0 Å². The quantitative estimate of drug-likeness (QED) is 0.0691. The number of aryl methyl sites for hydroxylation is 1. The van der Waals surface area contributed by atoms with E-state index in [-0.39, 0.29) is 22.5 Å². The van der Waals surface area contributed by atoms with Gasteiger partial charge in [0, 0.05) is 22.2 Å². The zero-order valence-electron chi connectivity index (χ0n) is 34.7. The van der Waals surface area contributed by atoms with Crippen molar-refractivity contribution < 1.29 is 47.0 Å². The van der Waals surface area contributed by atoms with Crippen LogP contribution in [-0.2, 0) is 22.5 Å². The fourth-order valence-electron chi connectivity index (χ4n) is 7.53. The minimum atomic E-state index is -10.7. The van der Waals surface area contributed by atoms with Gasteiger partial charge in [0.25, 0.3) is 0 Å². The third-order valence-electron chi connectivity index (χ3n) is 10.2. The molecule has 0 amide bonds. The first-order chi connectivity index (χ1) is 29.8. The number of fused-ring (bicyclic) bond motifs is 2. The molecule has 3 nitrogen and oxygen atoms in total. The van der Waals surface area contributed by atoms with Crippen molar-refractivity contribution in [1.82, 2.24) is 9.97 Å². The first kappa shape index (κ1) is 48.6. The van der Waals surface area contributed by atoms with Gasteiger partial charge >= 0.3 is 50.1 Å². The molecule has 1 aliphatic rings. The van der Waals surface area contributed by atoms with Crippen molar-refractivity contribution >= 4 is 67.1 Å². The summed E-state index contributed by atoms with van der Waals surface area (Å²) < 4.78 is 66.5. The molecule has 332 valence electrons. The first-order valence-electron chi connectivity index (χ1n) is 19.9. The minimum absolute atomic E-state index is 0. The Hall–Kier alpha value is -4.90. The number of nitrogens with zero attached hydrogens (tertiary/aromatic N) is 2. The molecule has 0 unspecified atom stereocenters. The average molecular weight is 994 g/mol. The van der Waals surface area contributed by atoms with Crippen LogP contribution in [0.1, 0.15) is 30.7 Å². The smallest absolute Gasteiger partial charge is 1.00 e. The zero-order valence-corrected chi connectivity index (χ0v) is 39.3. The Bertz CT molecular complexity index is 2560. The zero-order chi connectivity index (χ0) is 44.9. The number of benzene rings is 6. The standard InChI is InChI=1S/C39H32OP2.C11H9ClN2.Cu.F6P/c1-39(2)33-25-15-27-35(41(29-17-7-3-8-18-29)30-19-9-4-10-20-30)37(33)40-38-34(39)26-16-28-36(38)42(31-21-11-5-12-22-31)32-23-13-6-14-24-32;1-8-4-2-5-9(13-8)10-6-3-7-11(12)14-10;;1-7(2,3,4,5)6/h3-28H,1-2H3;2-7H,1H3;;/q;;+1;-1/p+2. The Morgan fingerprint density at radius 2 is 0.781 bits per heavy atom. The van der Waals surface area contributed by atoms with E-state index in [0.717, 1.165) is 28.6 Å². The van der Waals surface area contributed by atoms with Gasteiger partial charge in [0.1, 0.15) is 52.8 Å². The summed E-state index contributed by atoms with van der Waals surface area (Å²) in [7, 11) is -13.3. The van der Waals surface area contributed by atoms with Crippen molar-refractivity contribution in [2.75, 3.05) is 0 Å². The van der Waals surface area contributed by atoms with Gasteiger partial charge in [-0.25, -0.2) is 4.98 Å². The van der Waals surface area contributed by atoms with Gasteiger partial charge < -0.3 is 4.74 Å². The number of ether oxygens (including phenoxy) is 1. The number of aromatic nitrogens is 2. The molecule has 9 rings (SSSR count). The molecule has 0 spiro atoms. The summed E-state index contributed by atoms with van der Waals surface area (Å²) in [6.07, 6.45) is 0. The summed E-state index contributed by atoms with van der Waals surface area (Å²) in [5.41, 5.74) is 4.94. The van der Waals surface area contributed by atoms with Gasteiger partial charge in [-0.1, -0.05) is 135 Å². The number of hydrogen-bond donors (Lipinski definition) is 0. The van der Waals surface area contributed by atoms with Gasteiger partial charge in [-0.05, 0) is 91.9 Å². The second-order valence-corrected chi connectivity index (χ2v) is 22.5. The molecule has 1 aliphatic heterocycles. The van der Waals surface area contributed by atoms with E-state index in [1.807, 2.05) is 37.3 Å². The maximum atomic E-state index is 9.87. The molecule has 0 radical (unpaired) electrons. The van der Waals surface area contributed by atoms with Crippen molar-refractivity contribution in [3.63, 3.8) is 0 Å². The van der Waals surface area contributed by atoms with Crippen LogP contribution in [0.4, 0.5) is 25.2 Å². The van der Waals surface area contributed by atoms with Gasteiger partial charge in [-0.2, -0.15) is 0 Å². The topological polar surface area (TPSA) is 35.0 Å². The van der Waals surface area contributed by atoms with Crippen LogP contribution in [-0.4, -0.2) is 9.97 Å². The van der Waals surface area contributed by atoms with Crippen LogP contribution in [0, 0.1) is 6.92 Å². The third-order valence-corrected chi connectivity index (χ3v) is 16.0. The monoisotopic (exact) mass is 992 g/mol. The maximum absolute atomic E-state index is 10.7. The summed E-state index contributed by atoms with van der Waals surface area (Å²) in [6, 6.07) is 68.9. The Morgan fingerprint density at radius 3 is 1.12 bits per heavy atom. The van der Waals surface area contributed by atoms with Gasteiger partial charge in [0.05, 0.1) is 11.4 Å². The number of pyridine rings is 2. The molecular formula is C50H43ClCuF6N2OP3+2.